The Morgan fingerprint density at radius 2 is 2.33 bits per heavy atom. The van der Waals surface area contributed by atoms with Crippen molar-refractivity contribution >= 4 is 27.5 Å². The largest absolute Gasteiger partial charge is 0.396 e. The van der Waals surface area contributed by atoms with Gasteiger partial charge >= 0.3 is 0 Å². The first kappa shape index (κ1) is 13.3. The molecular formula is C12H14BrFN2O2. The quantitative estimate of drug-likeness (QED) is 0.821. The third kappa shape index (κ3) is 2.64. The first-order chi connectivity index (χ1) is 8.41. The average Bonchev–Trinajstić information content (AvgIpc) is 2.70. The summed E-state index contributed by atoms with van der Waals surface area (Å²) in [5, 5.41) is 2.89. The summed E-state index contributed by atoms with van der Waals surface area (Å²) in [7, 11) is 0. The molecule has 18 heavy (non-hydrogen) atoms. The third-order valence-corrected chi connectivity index (χ3v) is 3.62. The van der Waals surface area contributed by atoms with Gasteiger partial charge in [-0.2, -0.15) is 0 Å². The molecule has 4 nitrogen and oxygen atoms in total. The van der Waals surface area contributed by atoms with Crippen LogP contribution in [0.3, 0.4) is 0 Å². The Labute approximate surface area is 113 Å². The number of nitrogens with two attached hydrogens (primary N) is 1. The number of benzene rings is 1. The molecule has 1 aromatic rings. The lowest BCUT2D eigenvalue weighted by molar-refractivity contribution is 0.0889. The summed E-state index contributed by atoms with van der Waals surface area (Å²) >= 11 is 3.16. The van der Waals surface area contributed by atoms with Crippen LogP contribution in [0.1, 0.15) is 23.7 Å². The van der Waals surface area contributed by atoms with Crippen LogP contribution in [0.5, 0.6) is 0 Å². The molecule has 1 unspecified atom stereocenters. The number of ether oxygens (including phenoxy) is 1. The van der Waals surface area contributed by atoms with Gasteiger partial charge < -0.3 is 15.8 Å². The van der Waals surface area contributed by atoms with Gasteiger partial charge in [0.25, 0.3) is 5.91 Å². The van der Waals surface area contributed by atoms with E-state index in [9.17, 15) is 9.18 Å². The number of nitrogens with one attached hydrogen (secondary N) is 1. The van der Waals surface area contributed by atoms with Gasteiger partial charge in [-0.25, -0.2) is 4.39 Å². The van der Waals surface area contributed by atoms with Crippen molar-refractivity contribution in [2.24, 2.45) is 0 Å². The Morgan fingerprint density at radius 3 is 2.94 bits per heavy atom. The number of hydrogen-bond acceptors (Lipinski definition) is 3. The van der Waals surface area contributed by atoms with E-state index in [4.69, 9.17) is 10.5 Å². The number of carbonyl (C=O) groups is 1. The number of anilines is 1. The van der Waals surface area contributed by atoms with Gasteiger partial charge in [-0.15, -0.1) is 0 Å². The molecule has 1 heterocycles. The maximum atomic E-state index is 13.2. The molecule has 0 aromatic heterocycles. The second-order valence-electron chi connectivity index (χ2n) is 4.67. The first-order valence-corrected chi connectivity index (χ1v) is 6.35. The lowest BCUT2D eigenvalue weighted by Gasteiger charge is -2.23. The van der Waals surface area contributed by atoms with Crippen LogP contribution in [0.2, 0.25) is 0 Å². The van der Waals surface area contributed by atoms with E-state index in [0.29, 0.717) is 23.2 Å². The van der Waals surface area contributed by atoms with Gasteiger partial charge in [0, 0.05) is 11.1 Å². The molecule has 0 spiro atoms. The van der Waals surface area contributed by atoms with E-state index in [1.54, 1.807) is 0 Å². The van der Waals surface area contributed by atoms with Crippen molar-refractivity contribution in [3.05, 3.63) is 28.0 Å². The van der Waals surface area contributed by atoms with Gasteiger partial charge in [0.15, 0.2) is 0 Å². The molecule has 1 atom stereocenters. The van der Waals surface area contributed by atoms with Crippen molar-refractivity contribution in [2.45, 2.75) is 18.9 Å². The molecule has 6 heteroatoms. The molecule has 2 rings (SSSR count). The molecule has 0 bridgehead atoms. The summed E-state index contributed by atoms with van der Waals surface area (Å²) in [4.78, 5) is 12.1. The van der Waals surface area contributed by atoms with E-state index in [0.717, 1.165) is 6.42 Å². The zero-order valence-corrected chi connectivity index (χ0v) is 11.5. The number of halogens is 2. The molecule has 0 aliphatic carbocycles. The van der Waals surface area contributed by atoms with Crippen LogP contribution >= 0.6 is 15.9 Å². The van der Waals surface area contributed by atoms with Crippen LogP contribution in [0.4, 0.5) is 10.1 Å². The van der Waals surface area contributed by atoms with E-state index in [-0.39, 0.29) is 17.1 Å². The standard InChI is InChI=1S/C12H14BrFN2O2/c1-12(2-3-18-6-12)16-11(17)7-4-10(15)9(14)5-8(7)13/h4-5H,2-3,6,15H2,1H3,(H,16,17). The second-order valence-corrected chi connectivity index (χ2v) is 5.53. The van der Waals surface area contributed by atoms with Crippen LogP contribution in [-0.4, -0.2) is 24.7 Å². The van der Waals surface area contributed by atoms with Crippen molar-refractivity contribution < 1.29 is 13.9 Å². The number of amides is 1. The smallest absolute Gasteiger partial charge is 0.253 e. The fourth-order valence-electron chi connectivity index (χ4n) is 1.85. The van der Waals surface area contributed by atoms with E-state index < -0.39 is 5.82 Å². The SMILES string of the molecule is CC1(NC(=O)c2cc(N)c(F)cc2Br)CCOC1. The lowest BCUT2D eigenvalue weighted by Crippen LogP contribution is -2.46. The van der Waals surface area contributed by atoms with Crippen LogP contribution in [0, 0.1) is 5.82 Å². The third-order valence-electron chi connectivity index (χ3n) is 2.97. The number of hydrogen-bond donors (Lipinski definition) is 2. The number of carbonyl (C=O) groups excluding carboxylic acids is 1. The molecule has 98 valence electrons. The lowest BCUT2D eigenvalue weighted by atomic mass is 10.0. The molecule has 1 aliphatic heterocycles. The summed E-state index contributed by atoms with van der Waals surface area (Å²) < 4.78 is 18.8. The summed E-state index contributed by atoms with van der Waals surface area (Å²) in [5.41, 5.74) is 5.37. The molecule has 1 aliphatic rings. The predicted octanol–water partition coefficient (Wildman–Crippen LogP) is 2.08. The van der Waals surface area contributed by atoms with Gasteiger partial charge in [-0.3, -0.25) is 4.79 Å². The normalized spacial score (nSPS) is 23.1. The average molecular weight is 317 g/mol. The highest BCUT2D eigenvalue weighted by molar-refractivity contribution is 9.10. The summed E-state index contributed by atoms with van der Waals surface area (Å²) in [6.07, 6.45) is 0.757. The van der Waals surface area contributed by atoms with E-state index in [1.165, 1.54) is 12.1 Å². The molecule has 1 saturated heterocycles. The molecular weight excluding hydrogens is 303 g/mol. The van der Waals surface area contributed by atoms with Crippen molar-refractivity contribution in [1.29, 1.82) is 0 Å². The minimum atomic E-state index is -0.547. The fourth-order valence-corrected chi connectivity index (χ4v) is 2.34. The molecule has 0 radical (unpaired) electrons. The van der Waals surface area contributed by atoms with E-state index in [1.807, 2.05) is 6.92 Å². The molecule has 3 N–H and O–H groups in total. The fraction of sp³-hybridized carbons (Fsp3) is 0.417. The number of rotatable bonds is 2. The van der Waals surface area contributed by atoms with Gasteiger partial charge in [0.1, 0.15) is 5.82 Å². The first-order valence-electron chi connectivity index (χ1n) is 5.56. The monoisotopic (exact) mass is 316 g/mol. The van der Waals surface area contributed by atoms with Crippen LogP contribution in [0.15, 0.2) is 16.6 Å². The second kappa shape index (κ2) is 4.85. The van der Waals surface area contributed by atoms with Crippen molar-refractivity contribution in [3.8, 4) is 0 Å². The summed E-state index contributed by atoms with van der Waals surface area (Å²) in [6, 6.07) is 2.52. The maximum absolute atomic E-state index is 13.2. The minimum absolute atomic E-state index is 0.0452. The van der Waals surface area contributed by atoms with Gasteiger partial charge in [0.05, 0.1) is 23.4 Å². The molecule has 0 saturated carbocycles. The Morgan fingerprint density at radius 1 is 1.61 bits per heavy atom. The highest BCUT2D eigenvalue weighted by atomic mass is 79.9. The highest BCUT2D eigenvalue weighted by Gasteiger charge is 2.32. The molecule has 1 amide bonds. The highest BCUT2D eigenvalue weighted by Crippen LogP contribution is 2.24. The molecule has 1 fully saturated rings. The Bertz CT molecular complexity index is 487. The van der Waals surface area contributed by atoms with E-state index >= 15 is 0 Å². The van der Waals surface area contributed by atoms with Crippen LogP contribution in [0.25, 0.3) is 0 Å². The van der Waals surface area contributed by atoms with Crippen molar-refractivity contribution in [1.82, 2.24) is 5.32 Å². The summed E-state index contributed by atoms with van der Waals surface area (Å²) in [5.74, 6) is -0.838. The van der Waals surface area contributed by atoms with Gasteiger partial charge in [0.2, 0.25) is 0 Å². The summed E-state index contributed by atoms with van der Waals surface area (Å²) in [6.45, 7) is 3.02. The minimum Gasteiger partial charge on any atom is -0.396 e. The zero-order valence-electron chi connectivity index (χ0n) is 9.93. The van der Waals surface area contributed by atoms with E-state index in [2.05, 4.69) is 21.2 Å². The van der Waals surface area contributed by atoms with Crippen LogP contribution < -0.4 is 11.1 Å². The van der Waals surface area contributed by atoms with Gasteiger partial charge in [-0.05, 0) is 41.4 Å². The Hall–Kier alpha value is -1.14. The zero-order chi connectivity index (χ0) is 13.3. The maximum Gasteiger partial charge on any atom is 0.253 e. The predicted molar refractivity (Wildman–Crippen MR) is 69.8 cm³/mol. The number of nitrogen functional groups attached to an aromatic ring is 1. The van der Waals surface area contributed by atoms with Crippen molar-refractivity contribution in [2.75, 3.05) is 18.9 Å². The van der Waals surface area contributed by atoms with Gasteiger partial charge in [-0.1, -0.05) is 0 Å². The Balaban J connectivity index is 2.21. The van der Waals surface area contributed by atoms with Crippen LogP contribution in [-0.2, 0) is 4.74 Å². The Kier molecular flexibility index (Phi) is 3.59. The topological polar surface area (TPSA) is 64.4 Å². The molecule has 1 aromatic carbocycles. The van der Waals surface area contributed by atoms with Crippen molar-refractivity contribution in [3.63, 3.8) is 0 Å².